The molecule has 4 heteroatoms. The molecule has 0 spiro atoms. The van der Waals surface area contributed by atoms with Crippen molar-refractivity contribution in [3.05, 3.63) is 34.2 Å². The number of nitrogens with two attached hydrogens (primary N) is 1. The Morgan fingerprint density at radius 3 is 2.30 bits per heavy atom. The Balaban J connectivity index is 2.36. The molecule has 1 aromatic heterocycles. The topological polar surface area (TPSA) is 48.1 Å². The van der Waals surface area contributed by atoms with E-state index in [9.17, 15) is 0 Å². The highest BCUT2D eigenvalue weighted by atomic mass is 32.1. The molecule has 1 atom stereocenters. The van der Waals surface area contributed by atoms with Crippen molar-refractivity contribution in [2.24, 2.45) is 11.1 Å². The molecule has 0 saturated heterocycles. The van der Waals surface area contributed by atoms with Gasteiger partial charge in [0.1, 0.15) is 10.8 Å². The molecule has 1 unspecified atom stereocenters. The minimum absolute atomic E-state index is 0.0153. The third-order valence-electron chi connectivity index (χ3n) is 3.38. The molecule has 2 N–H and O–H groups in total. The third-order valence-corrected chi connectivity index (χ3v) is 4.43. The number of nitrogens with zero attached hydrogens (tertiary/aromatic N) is 1. The van der Waals surface area contributed by atoms with Crippen molar-refractivity contribution in [1.29, 1.82) is 0 Å². The monoisotopic (exact) mass is 290 g/mol. The molecule has 20 heavy (non-hydrogen) atoms. The fraction of sp³-hybridized carbons (Fsp3) is 0.438. The average molecular weight is 290 g/mol. The molecular weight excluding hydrogens is 268 g/mol. The van der Waals surface area contributed by atoms with E-state index in [1.807, 2.05) is 24.3 Å². The van der Waals surface area contributed by atoms with Gasteiger partial charge in [-0.1, -0.05) is 20.8 Å². The summed E-state index contributed by atoms with van der Waals surface area (Å²) < 4.78 is 5.19. The standard InChI is InChI=1S/C16H22N2OS/c1-10-13(11-6-8-12(19-5)9-7-11)18-15(20-10)14(17)16(2,3)4/h6-9,14H,17H2,1-5H3. The van der Waals surface area contributed by atoms with Gasteiger partial charge in [0.15, 0.2) is 0 Å². The molecule has 0 bridgehead atoms. The van der Waals surface area contributed by atoms with Crippen LogP contribution < -0.4 is 10.5 Å². The van der Waals surface area contributed by atoms with Crippen LogP contribution in [0, 0.1) is 12.3 Å². The molecule has 2 rings (SSSR count). The fourth-order valence-electron chi connectivity index (χ4n) is 1.94. The molecule has 0 radical (unpaired) electrons. The van der Waals surface area contributed by atoms with Crippen molar-refractivity contribution in [3.63, 3.8) is 0 Å². The van der Waals surface area contributed by atoms with Gasteiger partial charge in [-0.25, -0.2) is 4.98 Å². The van der Waals surface area contributed by atoms with Crippen molar-refractivity contribution in [2.75, 3.05) is 7.11 Å². The number of benzene rings is 1. The summed E-state index contributed by atoms with van der Waals surface area (Å²) in [6, 6.07) is 7.94. The van der Waals surface area contributed by atoms with Crippen LogP contribution in [0.15, 0.2) is 24.3 Å². The Labute approximate surface area is 124 Å². The molecule has 108 valence electrons. The van der Waals surface area contributed by atoms with E-state index in [1.54, 1.807) is 18.4 Å². The second-order valence-corrected chi connectivity index (χ2v) is 7.26. The summed E-state index contributed by atoms with van der Waals surface area (Å²) in [4.78, 5) is 5.95. The van der Waals surface area contributed by atoms with E-state index >= 15 is 0 Å². The van der Waals surface area contributed by atoms with Gasteiger partial charge in [-0.2, -0.15) is 0 Å². The first-order valence-corrected chi connectivity index (χ1v) is 7.52. The number of aromatic nitrogens is 1. The molecule has 1 aromatic carbocycles. The summed E-state index contributed by atoms with van der Waals surface area (Å²) in [6.07, 6.45) is 0. The highest BCUT2D eigenvalue weighted by Gasteiger charge is 2.26. The van der Waals surface area contributed by atoms with Crippen molar-refractivity contribution in [1.82, 2.24) is 4.98 Å². The minimum atomic E-state index is -0.0433. The maximum Gasteiger partial charge on any atom is 0.118 e. The molecule has 2 aromatic rings. The van der Waals surface area contributed by atoms with Gasteiger partial charge in [-0.05, 0) is 36.6 Å². The summed E-state index contributed by atoms with van der Waals surface area (Å²) in [6.45, 7) is 8.51. The van der Waals surface area contributed by atoms with E-state index in [-0.39, 0.29) is 11.5 Å². The molecule has 0 aliphatic carbocycles. The van der Waals surface area contributed by atoms with Crippen molar-refractivity contribution >= 4 is 11.3 Å². The molecule has 0 aliphatic heterocycles. The molecule has 1 heterocycles. The first-order chi connectivity index (χ1) is 9.32. The quantitative estimate of drug-likeness (QED) is 0.922. The summed E-state index contributed by atoms with van der Waals surface area (Å²) in [5.74, 6) is 0.855. The lowest BCUT2D eigenvalue weighted by atomic mass is 9.88. The van der Waals surface area contributed by atoms with Crippen LogP contribution in [0.3, 0.4) is 0 Å². The maximum atomic E-state index is 6.31. The largest absolute Gasteiger partial charge is 0.497 e. The Morgan fingerprint density at radius 1 is 1.20 bits per heavy atom. The van der Waals surface area contributed by atoms with E-state index < -0.39 is 0 Å². The molecular formula is C16H22N2OS. The molecule has 0 aliphatic rings. The van der Waals surface area contributed by atoms with E-state index in [0.29, 0.717) is 0 Å². The predicted octanol–water partition coefficient (Wildman–Crippen LogP) is 4.17. The van der Waals surface area contributed by atoms with Crippen molar-refractivity contribution in [2.45, 2.75) is 33.7 Å². The third kappa shape index (κ3) is 3.02. The highest BCUT2D eigenvalue weighted by molar-refractivity contribution is 7.12. The summed E-state index contributed by atoms with van der Waals surface area (Å²) in [5.41, 5.74) is 8.45. The number of aryl methyl sites for hydroxylation is 1. The first-order valence-electron chi connectivity index (χ1n) is 6.70. The Morgan fingerprint density at radius 2 is 1.80 bits per heavy atom. The second-order valence-electron chi connectivity index (χ2n) is 6.03. The van der Waals surface area contributed by atoms with Crippen LogP contribution in [0.5, 0.6) is 5.75 Å². The maximum absolute atomic E-state index is 6.31. The Kier molecular flexibility index (Phi) is 4.16. The predicted molar refractivity (Wildman–Crippen MR) is 85.2 cm³/mol. The van der Waals surface area contributed by atoms with Crippen LogP contribution in [0.1, 0.15) is 36.7 Å². The SMILES string of the molecule is COc1ccc(-c2nc(C(N)C(C)(C)C)sc2C)cc1. The van der Waals surface area contributed by atoms with Gasteiger partial charge >= 0.3 is 0 Å². The highest BCUT2D eigenvalue weighted by Crippen LogP contribution is 2.36. The summed E-state index contributed by atoms with van der Waals surface area (Å²) in [7, 11) is 1.67. The molecule has 3 nitrogen and oxygen atoms in total. The van der Waals surface area contributed by atoms with Gasteiger partial charge in [0.25, 0.3) is 0 Å². The number of hydrogen-bond donors (Lipinski definition) is 1. The van der Waals surface area contributed by atoms with Gasteiger partial charge in [-0.15, -0.1) is 11.3 Å². The number of rotatable bonds is 3. The van der Waals surface area contributed by atoms with Crippen LogP contribution in [-0.2, 0) is 0 Å². The molecule has 0 fully saturated rings. The van der Waals surface area contributed by atoms with Gasteiger partial charge in [-0.3, -0.25) is 0 Å². The van der Waals surface area contributed by atoms with E-state index in [1.165, 1.54) is 4.88 Å². The lowest BCUT2D eigenvalue weighted by Crippen LogP contribution is -2.26. The lowest BCUT2D eigenvalue weighted by Gasteiger charge is -2.24. The first kappa shape index (κ1) is 15.0. The number of ether oxygens (including phenoxy) is 1. The number of hydrogen-bond acceptors (Lipinski definition) is 4. The van der Waals surface area contributed by atoms with E-state index in [4.69, 9.17) is 15.5 Å². The zero-order chi connectivity index (χ0) is 14.9. The van der Waals surface area contributed by atoms with Crippen molar-refractivity contribution in [3.8, 4) is 17.0 Å². The Hall–Kier alpha value is -1.39. The summed E-state index contributed by atoms with van der Waals surface area (Å²) in [5, 5.41) is 1.00. The summed E-state index contributed by atoms with van der Waals surface area (Å²) >= 11 is 1.69. The van der Waals surface area contributed by atoms with Crippen molar-refractivity contribution < 1.29 is 4.74 Å². The van der Waals surface area contributed by atoms with E-state index in [2.05, 4.69) is 27.7 Å². The zero-order valence-corrected chi connectivity index (χ0v) is 13.5. The number of thiazole rings is 1. The van der Waals surface area contributed by atoms with Crippen LogP contribution >= 0.6 is 11.3 Å². The lowest BCUT2D eigenvalue weighted by molar-refractivity contribution is 0.326. The van der Waals surface area contributed by atoms with Gasteiger partial charge < -0.3 is 10.5 Å². The van der Waals surface area contributed by atoms with Crippen LogP contribution in [0.25, 0.3) is 11.3 Å². The molecule has 0 amide bonds. The van der Waals surface area contributed by atoms with Gasteiger partial charge in [0, 0.05) is 10.4 Å². The zero-order valence-electron chi connectivity index (χ0n) is 12.7. The second kappa shape index (κ2) is 5.54. The minimum Gasteiger partial charge on any atom is -0.497 e. The normalized spacial score (nSPS) is 13.3. The van der Waals surface area contributed by atoms with Gasteiger partial charge in [0.05, 0.1) is 18.8 Å². The van der Waals surface area contributed by atoms with Crippen LogP contribution in [-0.4, -0.2) is 12.1 Å². The molecule has 0 saturated carbocycles. The van der Waals surface area contributed by atoms with E-state index in [0.717, 1.165) is 22.0 Å². The fourth-order valence-corrected chi connectivity index (χ4v) is 3.13. The van der Waals surface area contributed by atoms with Crippen LogP contribution in [0.4, 0.5) is 0 Å². The van der Waals surface area contributed by atoms with Crippen LogP contribution in [0.2, 0.25) is 0 Å². The smallest absolute Gasteiger partial charge is 0.118 e. The average Bonchev–Trinajstić information content (AvgIpc) is 2.79. The van der Waals surface area contributed by atoms with Gasteiger partial charge in [0.2, 0.25) is 0 Å². The number of methoxy groups -OCH3 is 1. The Bertz CT molecular complexity index is 582.